The summed E-state index contributed by atoms with van der Waals surface area (Å²) in [6.07, 6.45) is 8.92. The highest BCUT2D eigenvalue weighted by molar-refractivity contribution is 6.15. The number of piperidine rings is 1. The van der Waals surface area contributed by atoms with Gasteiger partial charge < -0.3 is 26.3 Å². The second kappa shape index (κ2) is 13.0. The van der Waals surface area contributed by atoms with Gasteiger partial charge in [-0.05, 0) is 112 Å². The predicted octanol–water partition coefficient (Wildman–Crippen LogP) is 5.94. The van der Waals surface area contributed by atoms with E-state index >= 15 is 0 Å². The SMILES string of the molecule is CN(C)CCNc1cc(F)cc(-c2nccc3[nH]c(C(=N)c4cc(-c5cncc(CC6CCNCC6)c5)ccc4N)cc23)c1. The van der Waals surface area contributed by atoms with Crippen LogP contribution in [-0.2, 0) is 6.42 Å². The van der Waals surface area contributed by atoms with Gasteiger partial charge in [-0.3, -0.25) is 15.4 Å². The van der Waals surface area contributed by atoms with E-state index in [0.717, 1.165) is 48.1 Å². The Hall–Kier alpha value is -4.60. The van der Waals surface area contributed by atoms with Crippen LogP contribution >= 0.6 is 0 Å². The van der Waals surface area contributed by atoms with Crippen molar-refractivity contribution in [2.45, 2.75) is 19.3 Å². The Kier molecular flexibility index (Phi) is 8.67. The number of hydrogen-bond donors (Lipinski definition) is 5. The molecule has 0 saturated carbocycles. The van der Waals surface area contributed by atoms with Crippen molar-refractivity contribution >= 4 is 28.0 Å². The second-order valence-electron chi connectivity index (χ2n) is 11.9. The van der Waals surface area contributed by atoms with E-state index in [2.05, 4.69) is 36.6 Å². The summed E-state index contributed by atoms with van der Waals surface area (Å²) >= 11 is 0. The van der Waals surface area contributed by atoms with E-state index in [-0.39, 0.29) is 11.5 Å². The Morgan fingerprint density at radius 1 is 1.02 bits per heavy atom. The van der Waals surface area contributed by atoms with Gasteiger partial charge in [0.15, 0.2) is 0 Å². The minimum atomic E-state index is -0.337. The molecule has 8 nitrogen and oxygen atoms in total. The Morgan fingerprint density at radius 2 is 1.86 bits per heavy atom. The number of nitrogens with zero attached hydrogens (tertiary/aromatic N) is 3. The average molecular weight is 591 g/mol. The van der Waals surface area contributed by atoms with E-state index in [1.54, 1.807) is 6.20 Å². The van der Waals surface area contributed by atoms with Gasteiger partial charge in [0.1, 0.15) is 5.82 Å². The highest BCUT2D eigenvalue weighted by Crippen LogP contribution is 2.32. The molecule has 44 heavy (non-hydrogen) atoms. The van der Waals surface area contributed by atoms with Crippen LogP contribution < -0.4 is 16.4 Å². The molecule has 0 bridgehead atoms. The molecule has 5 aromatic rings. The summed E-state index contributed by atoms with van der Waals surface area (Å²) < 4.78 is 14.7. The van der Waals surface area contributed by atoms with Gasteiger partial charge in [-0.1, -0.05) is 6.07 Å². The Labute approximate surface area is 257 Å². The topological polar surface area (TPSA) is 119 Å². The lowest BCUT2D eigenvalue weighted by molar-refractivity contribution is 0.372. The van der Waals surface area contributed by atoms with Crippen LogP contribution in [0.1, 0.15) is 29.7 Å². The molecule has 1 aliphatic heterocycles. The first kappa shape index (κ1) is 29.5. The number of nitrogens with two attached hydrogens (primary N) is 1. The van der Waals surface area contributed by atoms with Gasteiger partial charge in [0, 0.05) is 70.6 Å². The summed E-state index contributed by atoms with van der Waals surface area (Å²) in [7, 11) is 4.00. The fraction of sp³-hybridized carbons (Fsp3) is 0.286. The monoisotopic (exact) mass is 590 g/mol. The minimum Gasteiger partial charge on any atom is -0.398 e. The number of aromatic amines is 1. The van der Waals surface area contributed by atoms with Gasteiger partial charge in [-0.15, -0.1) is 0 Å². The molecular weight excluding hydrogens is 551 g/mol. The molecule has 4 heterocycles. The normalized spacial score (nSPS) is 13.9. The molecule has 0 spiro atoms. The molecule has 2 aromatic carbocycles. The number of benzene rings is 2. The van der Waals surface area contributed by atoms with E-state index in [1.807, 2.05) is 62.9 Å². The van der Waals surface area contributed by atoms with Crippen LogP contribution in [0.3, 0.4) is 0 Å². The third-order valence-electron chi connectivity index (χ3n) is 8.31. The van der Waals surface area contributed by atoms with Crippen molar-refractivity contribution in [3.63, 3.8) is 0 Å². The van der Waals surface area contributed by atoms with Crippen LogP contribution in [0.25, 0.3) is 33.3 Å². The van der Waals surface area contributed by atoms with Crippen molar-refractivity contribution in [3.05, 3.63) is 95.8 Å². The van der Waals surface area contributed by atoms with Gasteiger partial charge in [0.05, 0.1) is 17.1 Å². The number of hydrogen-bond acceptors (Lipinski definition) is 7. The third-order valence-corrected chi connectivity index (χ3v) is 8.31. The van der Waals surface area contributed by atoms with Crippen molar-refractivity contribution in [2.75, 3.05) is 51.3 Å². The number of H-pyrrole nitrogens is 1. The zero-order valence-electron chi connectivity index (χ0n) is 25.3. The summed E-state index contributed by atoms with van der Waals surface area (Å²) in [6, 6.07) is 16.7. The number of fused-ring (bicyclic) bond motifs is 1. The van der Waals surface area contributed by atoms with E-state index < -0.39 is 0 Å². The van der Waals surface area contributed by atoms with Crippen LogP contribution in [0, 0.1) is 17.1 Å². The first-order valence-corrected chi connectivity index (χ1v) is 15.1. The van der Waals surface area contributed by atoms with Gasteiger partial charge in [0.25, 0.3) is 0 Å². The van der Waals surface area contributed by atoms with Gasteiger partial charge in [0.2, 0.25) is 0 Å². The smallest absolute Gasteiger partial charge is 0.125 e. The summed E-state index contributed by atoms with van der Waals surface area (Å²) in [5.74, 6) is 0.333. The summed E-state index contributed by atoms with van der Waals surface area (Å²) in [5, 5.41) is 16.7. The van der Waals surface area contributed by atoms with Gasteiger partial charge in [-0.2, -0.15) is 0 Å². The number of nitrogens with one attached hydrogen (secondary N) is 4. The summed E-state index contributed by atoms with van der Waals surface area (Å²) in [6.45, 7) is 3.67. The third kappa shape index (κ3) is 6.64. The molecule has 9 heteroatoms. The lowest BCUT2D eigenvalue weighted by Gasteiger charge is -2.22. The van der Waals surface area contributed by atoms with E-state index in [0.29, 0.717) is 46.4 Å². The lowest BCUT2D eigenvalue weighted by Crippen LogP contribution is -2.28. The largest absolute Gasteiger partial charge is 0.398 e. The molecule has 1 fully saturated rings. The van der Waals surface area contributed by atoms with Crippen LogP contribution in [0.4, 0.5) is 15.8 Å². The number of nitrogen functional groups attached to an aromatic ring is 1. The van der Waals surface area contributed by atoms with Crippen LogP contribution in [0.5, 0.6) is 0 Å². The van der Waals surface area contributed by atoms with E-state index in [9.17, 15) is 4.39 Å². The average Bonchev–Trinajstić information content (AvgIpc) is 3.46. The van der Waals surface area contributed by atoms with Crippen LogP contribution in [-0.4, -0.2) is 65.8 Å². The second-order valence-corrected chi connectivity index (χ2v) is 11.9. The van der Waals surface area contributed by atoms with Gasteiger partial charge in [-0.25, -0.2) is 4.39 Å². The number of halogens is 1. The Bertz CT molecular complexity index is 1790. The Morgan fingerprint density at radius 3 is 2.68 bits per heavy atom. The highest BCUT2D eigenvalue weighted by Gasteiger charge is 2.18. The quantitative estimate of drug-likeness (QED) is 0.101. The number of rotatable bonds is 10. The minimum absolute atomic E-state index is 0.274. The summed E-state index contributed by atoms with van der Waals surface area (Å²) in [4.78, 5) is 14.6. The fourth-order valence-electron chi connectivity index (χ4n) is 5.94. The number of likely N-dealkylation sites (N-methyl/N-ethyl adjacent to an activating group) is 1. The lowest BCUT2D eigenvalue weighted by atomic mass is 9.90. The molecule has 0 unspecified atom stereocenters. The maximum atomic E-state index is 14.7. The first-order chi connectivity index (χ1) is 21.3. The molecule has 1 saturated heterocycles. The van der Waals surface area contributed by atoms with Crippen molar-refractivity contribution in [1.82, 2.24) is 25.2 Å². The van der Waals surface area contributed by atoms with Gasteiger partial charge >= 0.3 is 0 Å². The highest BCUT2D eigenvalue weighted by atomic mass is 19.1. The zero-order chi connectivity index (χ0) is 30.6. The first-order valence-electron chi connectivity index (χ1n) is 15.1. The number of aromatic nitrogens is 3. The van der Waals surface area contributed by atoms with Crippen molar-refractivity contribution in [2.24, 2.45) is 5.92 Å². The number of anilines is 2. The van der Waals surface area contributed by atoms with Crippen LogP contribution in [0.15, 0.2) is 73.2 Å². The molecular formula is C35H39FN8. The fourth-order valence-corrected chi connectivity index (χ4v) is 5.94. The maximum Gasteiger partial charge on any atom is 0.125 e. The van der Waals surface area contributed by atoms with Crippen molar-refractivity contribution in [1.29, 1.82) is 5.41 Å². The summed E-state index contributed by atoms with van der Waals surface area (Å²) in [5.41, 5.74) is 14.5. The molecule has 3 aromatic heterocycles. The zero-order valence-corrected chi connectivity index (χ0v) is 25.3. The molecule has 6 N–H and O–H groups in total. The van der Waals surface area contributed by atoms with E-state index in [4.69, 9.17) is 11.1 Å². The molecule has 1 aliphatic rings. The molecule has 0 radical (unpaired) electrons. The standard InChI is InChI=1S/C35H39FN8/c1-44(2)12-11-41-28-16-25(15-27(36)18-28)35-30-19-33(43-32(30)7-10-42-35)34(38)29-17-24(3-4-31(29)37)26-14-23(20-40-21-26)13-22-5-8-39-9-6-22/h3-4,7,10,14-22,38-39,41,43H,5-6,8-9,11-13,37H2,1-2H3. The predicted molar refractivity (Wildman–Crippen MR) is 178 cm³/mol. The van der Waals surface area contributed by atoms with Crippen LogP contribution in [0.2, 0.25) is 0 Å². The molecule has 226 valence electrons. The molecule has 0 atom stereocenters. The maximum absolute atomic E-state index is 14.7. The molecule has 0 amide bonds. The van der Waals surface area contributed by atoms with Crippen molar-refractivity contribution in [3.8, 4) is 22.4 Å². The van der Waals surface area contributed by atoms with Crippen molar-refractivity contribution < 1.29 is 4.39 Å². The Balaban J connectivity index is 1.28. The number of pyridine rings is 2. The molecule has 0 aliphatic carbocycles. The van der Waals surface area contributed by atoms with E-state index in [1.165, 1.54) is 30.5 Å². The molecule has 6 rings (SSSR count).